The van der Waals surface area contributed by atoms with Crippen molar-refractivity contribution in [3.63, 3.8) is 0 Å². The molecular weight excluding hydrogens is 708 g/mol. The number of ether oxygens (including phenoxy) is 1. The third-order valence-corrected chi connectivity index (χ3v) is 11.4. The van der Waals surface area contributed by atoms with E-state index in [1.807, 2.05) is 0 Å². The molecule has 2 atom stereocenters. The van der Waals surface area contributed by atoms with Gasteiger partial charge < -0.3 is 24.6 Å². The van der Waals surface area contributed by atoms with Gasteiger partial charge in [0.1, 0.15) is 0 Å². The summed E-state index contributed by atoms with van der Waals surface area (Å²) in [4.78, 5) is 0. The molecule has 0 aliphatic heterocycles. The summed E-state index contributed by atoms with van der Waals surface area (Å²) in [5.41, 5.74) is 0. The minimum Gasteiger partial charge on any atom is -0.748 e. The molecule has 0 aromatic heterocycles. The maximum atomic E-state index is 9.72. The molecule has 0 aliphatic rings. The first-order valence-corrected chi connectivity index (χ1v) is 24.8. The molecule has 322 valence electrons. The first-order chi connectivity index (χ1) is 25.8. The van der Waals surface area contributed by atoms with Crippen LogP contribution in [-0.4, -0.2) is 66.1 Å². The molecule has 0 spiro atoms. The molecule has 0 saturated carbocycles. The second-order valence-electron chi connectivity index (χ2n) is 15.9. The fourth-order valence-corrected chi connectivity index (χ4v) is 7.68. The molecule has 9 heteroatoms. The number of hydrogen-bond donors (Lipinski definition) is 3. The summed E-state index contributed by atoms with van der Waals surface area (Å²) in [7, 11) is -4.10. The number of aliphatic hydroxyl groups is 3. The predicted octanol–water partition coefficient (Wildman–Crippen LogP) is 9.73. The molecule has 0 bridgehead atoms. The molecule has 0 rings (SSSR count). The minimum atomic E-state index is -4.10. The van der Waals surface area contributed by atoms with Gasteiger partial charge in [0.25, 0.3) is 0 Å². The average Bonchev–Trinajstić information content (AvgIpc) is 3.14. The van der Waals surface area contributed by atoms with Crippen molar-refractivity contribution in [2.75, 3.05) is 25.6 Å². The van der Waals surface area contributed by atoms with Gasteiger partial charge in [-0.2, -0.15) is 0 Å². The molecule has 2 unspecified atom stereocenters. The van der Waals surface area contributed by atoms with E-state index in [-0.39, 0.29) is 68.0 Å². The molecule has 0 aromatic rings. The monoisotopic (exact) mass is 801 g/mol. The average molecular weight is 801 g/mol. The normalized spacial score (nSPS) is 12.6. The minimum absolute atomic E-state index is 0. The van der Waals surface area contributed by atoms with Crippen LogP contribution < -0.4 is 29.6 Å². The molecule has 7 nitrogen and oxygen atoms in total. The number of rotatable bonds is 43. The molecule has 0 fully saturated rings. The van der Waals surface area contributed by atoms with E-state index in [2.05, 4.69) is 13.8 Å². The van der Waals surface area contributed by atoms with E-state index in [1.165, 1.54) is 193 Å². The van der Waals surface area contributed by atoms with Crippen LogP contribution in [0.1, 0.15) is 251 Å². The van der Waals surface area contributed by atoms with Gasteiger partial charge in [0.2, 0.25) is 0 Å². The first-order valence-electron chi connectivity index (χ1n) is 23.3. The Hall–Kier alpha value is 0.750. The van der Waals surface area contributed by atoms with Crippen molar-refractivity contribution in [1.82, 2.24) is 0 Å². The van der Waals surface area contributed by atoms with E-state index in [1.54, 1.807) is 0 Å². The van der Waals surface area contributed by atoms with E-state index in [0.29, 0.717) is 0 Å². The fraction of sp³-hybridized carbons (Fsp3) is 1.00. The van der Waals surface area contributed by atoms with Gasteiger partial charge in [-0.15, -0.1) is 0 Å². The number of unbranched alkanes of at least 4 members (excludes halogenated alkanes) is 28. The molecule has 54 heavy (non-hydrogen) atoms. The summed E-state index contributed by atoms with van der Waals surface area (Å²) in [6, 6.07) is 0. The van der Waals surface area contributed by atoms with Gasteiger partial charge in [-0.3, -0.25) is 0 Å². The Balaban J connectivity index is -0.00000257. The van der Waals surface area contributed by atoms with E-state index in [0.717, 1.165) is 38.5 Å². The Bertz CT molecular complexity index is 727. The Labute approximate surface area is 359 Å². The van der Waals surface area contributed by atoms with Gasteiger partial charge in [-0.25, -0.2) is 8.42 Å². The molecule has 0 heterocycles. The van der Waals surface area contributed by atoms with E-state index >= 15 is 0 Å². The largest absolute Gasteiger partial charge is 1.00 e. The molecule has 0 aliphatic carbocycles. The molecule has 3 N–H and O–H groups in total. The van der Waals surface area contributed by atoms with Gasteiger partial charge >= 0.3 is 29.6 Å². The molecule has 0 amide bonds. The van der Waals surface area contributed by atoms with Crippen molar-refractivity contribution in [3.05, 3.63) is 0 Å². The van der Waals surface area contributed by atoms with Crippen LogP contribution in [0.4, 0.5) is 0 Å². The van der Waals surface area contributed by atoms with Gasteiger partial charge in [0.05, 0.1) is 22.3 Å². The van der Waals surface area contributed by atoms with E-state index in [9.17, 15) is 23.2 Å². The summed E-state index contributed by atoms with van der Waals surface area (Å²) >= 11 is 0. The topological polar surface area (TPSA) is 127 Å². The van der Waals surface area contributed by atoms with Crippen molar-refractivity contribution >= 4 is 10.1 Å². The Morgan fingerprint density at radius 3 is 0.815 bits per heavy atom. The van der Waals surface area contributed by atoms with Crippen LogP contribution in [0.2, 0.25) is 0 Å². The Morgan fingerprint density at radius 1 is 0.389 bits per heavy atom. The Morgan fingerprint density at radius 2 is 0.611 bits per heavy atom. The van der Waals surface area contributed by atoms with Crippen LogP contribution in [0.25, 0.3) is 0 Å². The van der Waals surface area contributed by atoms with E-state index in [4.69, 9.17) is 9.84 Å². The van der Waals surface area contributed by atoms with Crippen LogP contribution in [0, 0.1) is 0 Å². The third-order valence-electron chi connectivity index (χ3n) is 10.6. The fourth-order valence-electron chi connectivity index (χ4n) is 7.20. The quantitative estimate of drug-likeness (QED) is 0.0319. The maximum Gasteiger partial charge on any atom is 1.00 e. The smallest absolute Gasteiger partial charge is 0.748 e. The summed E-state index contributed by atoms with van der Waals surface area (Å²) in [6.45, 7) is 4.87. The predicted molar refractivity (Wildman–Crippen MR) is 227 cm³/mol. The Kier molecular flexibility index (Phi) is 54.6. The van der Waals surface area contributed by atoms with Gasteiger partial charge in [0.15, 0.2) is 0 Å². The number of hydrogen-bond acceptors (Lipinski definition) is 7. The van der Waals surface area contributed by atoms with Gasteiger partial charge in [0, 0.05) is 25.6 Å². The molecule has 0 aromatic carbocycles. The molecule has 0 saturated heterocycles. The summed E-state index contributed by atoms with van der Waals surface area (Å²) in [6.07, 6.45) is 48.5. The zero-order valence-corrected chi connectivity index (χ0v) is 39.3. The summed E-state index contributed by atoms with van der Waals surface area (Å²) in [5.74, 6) is -0.469. The summed E-state index contributed by atoms with van der Waals surface area (Å²) in [5, 5.41) is 26.9. The molecule has 0 radical (unpaired) electrons. The standard InChI is InChI=1S/C42H86O3.C3H8O4S.Na/c1-3-5-7-9-11-13-15-17-19-21-23-25-27-29-31-35-41(37-33-39-43)45-42(38-34-40-44)36-32-30-28-26-24-22-20-18-16-14-12-10-8-6-4-2;4-2-1-3-8(5,6)7;/h41-44H,3-40H2,1-2H3;4H,1-3H2,(H,5,6,7);/q;;+1/p-1. The zero-order valence-electron chi connectivity index (χ0n) is 36.5. The van der Waals surface area contributed by atoms with Crippen LogP contribution in [0.5, 0.6) is 0 Å². The van der Waals surface area contributed by atoms with Crippen LogP contribution in [0.3, 0.4) is 0 Å². The number of aliphatic hydroxyl groups excluding tert-OH is 3. The van der Waals surface area contributed by atoms with Crippen LogP contribution >= 0.6 is 0 Å². The van der Waals surface area contributed by atoms with Crippen molar-refractivity contribution in [3.8, 4) is 0 Å². The van der Waals surface area contributed by atoms with Crippen LogP contribution in [-0.2, 0) is 14.9 Å². The SMILES string of the molecule is CCCCCCCCCCCCCCCCCC(CCCO)OC(CCCO)CCCCCCCCCCCCCCCCC.O=S(=O)([O-])CCCO.[Na+]. The van der Waals surface area contributed by atoms with Crippen molar-refractivity contribution in [1.29, 1.82) is 0 Å². The first kappa shape index (κ1) is 59.1. The van der Waals surface area contributed by atoms with Crippen LogP contribution in [0.15, 0.2) is 0 Å². The maximum absolute atomic E-state index is 9.72. The van der Waals surface area contributed by atoms with Crippen molar-refractivity contribution < 1.29 is 62.6 Å². The zero-order chi connectivity index (χ0) is 39.4. The second kappa shape index (κ2) is 49.9. The van der Waals surface area contributed by atoms with Crippen molar-refractivity contribution in [2.24, 2.45) is 0 Å². The summed E-state index contributed by atoms with van der Waals surface area (Å²) < 4.78 is 35.8. The second-order valence-corrected chi connectivity index (χ2v) is 17.5. The molecular formula is C45H93NaO7S. The van der Waals surface area contributed by atoms with Gasteiger partial charge in [-0.05, 0) is 44.9 Å². The van der Waals surface area contributed by atoms with E-state index < -0.39 is 15.9 Å². The third kappa shape index (κ3) is 52.8. The van der Waals surface area contributed by atoms with Gasteiger partial charge in [-0.1, -0.05) is 206 Å². The van der Waals surface area contributed by atoms with Crippen molar-refractivity contribution in [2.45, 2.75) is 264 Å².